The number of nitrogens with zero attached hydrogens (tertiary/aromatic N) is 4. The largest absolute Gasteiger partial charge is 0.472 e. The van der Waals surface area contributed by atoms with Crippen molar-refractivity contribution in [1.82, 2.24) is 25.0 Å². The molecule has 0 bridgehead atoms. The van der Waals surface area contributed by atoms with Crippen molar-refractivity contribution in [2.45, 2.75) is 38.8 Å². The highest BCUT2D eigenvalue weighted by Crippen LogP contribution is 2.18. The second kappa shape index (κ2) is 7.46. The fourth-order valence-electron chi connectivity index (χ4n) is 3.51. The van der Waals surface area contributed by atoms with Gasteiger partial charge in [-0.25, -0.2) is 9.67 Å². The van der Waals surface area contributed by atoms with Gasteiger partial charge in [0.25, 0.3) is 11.8 Å². The Bertz CT molecular complexity index is 985. The van der Waals surface area contributed by atoms with Crippen molar-refractivity contribution in [2.75, 3.05) is 13.1 Å². The lowest BCUT2D eigenvalue weighted by molar-refractivity contribution is 0.0697. The smallest absolute Gasteiger partial charge is 0.257 e. The Morgan fingerprint density at radius 2 is 2.00 bits per heavy atom. The summed E-state index contributed by atoms with van der Waals surface area (Å²) < 4.78 is 6.81. The number of carbonyl (C=O) groups is 2. The van der Waals surface area contributed by atoms with Gasteiger partial charge in [0.05, 0.1) is 23.6 Å². The summed E-state index contributed by atoms with van der Waals surface area (Å²) in [5, 5.41) is 8.25. The molecule has 3 aromatic heterocycles. The number of furan rings is 1. The number of hydrogen-bond acceptors (Lipinski definition) is 5. The van der Waals surface area contributed by atoms with E-state index in [-0.39, 0.29) is 23.9 Å². The SMILES string of the molecule is CC(C)n1ncc2cc(C(=O)NC3CCN(C(=O)c4ccoc4)CC3)cnc21. The Hall–Kier alpha value is -3.16. The number of aromatic nitrogens is 3. The minimum Gasteiger partial charge on any atom is -0.472 e. The summed E-state index contributed by atoms with van der Waals surface area (Å²) in [6.07, 6.45) is 7.72. The number of fused-ring (bicyclic) bond motifs is 1. The van der Waals surface area contributed by atoms with Gasteiger partial charge in [0.1, 0.15) is 6.26 Å². The molecule has 4 rings (SSSR count). The summed E-state index contributed by atoms with van der Waals surface area (Å²) in [7, 11) is 0. The van der Waals surface area contributed by atoms with Gasteiger partial charge in [0.15, 0.2) is 5.65 Å². The minimum absolute atomic E-state index is 0.0321. The van der Waals surface area contributed by atoms with E-state index in [2.05, 4.69) is 15.4 Å². The summed E-state index contributed by atoms with van der Waals surface area (Å²) in [4.78, 5) is 31.2. The number of hydrogen-bond donors (Lipinski definition) is 1. The second-order valence-corrected chi connectivity index (χ2v) is 7.37. The summed E-state index contributed by atoms with van der Waals surface area (Å²) in [6, 6.07) is 3.73. The molecule has 8 nitrogen and oxygen atoms in total. The first-order chi connectivity index (χ1) is 13.5. The maximum absolute atomic E-state index is 12.6. The van der Waals surface area contributed by atoms with Crippen LogP contribution in [-0.2, 0) is 0 Å². The molecule has 1 N–H and O–H groups in total. The normalized spacial score (nSPS) is 15.3. The van der Waals surface area contributed by atoms with Gasteiger partial charge in [-0.05, 0) is 38.8 Å². The molecule has 4 heterocycles. The van der Waals surface area contributed by atoms with E-state index in [1.54, 1.807) is 23.4 Å². The van der Waals surface area contributed by atoms with Crippen LogP contribution in [0.15, 0.2) is 41.5 Å². The number of amides is 2. The van der Waals surface area contributed by atoms with Crippen LogP contribution in [0.4, 0.5) is 0 Å². The zero-order valence-electron chi connectivity index (χ0n) is 16.0. The van der Waals surface area contributed by atoms with E-state index in [1.165, 1.54) is 12.5 Å². The van der Waals surface area contributed by atoms with Crippen LogP contribution in [0, 0.1) is 0 Å². The number of piperidine rings is 1. The van der Waals surface area contributed by atoms with Gasteiger partial charge in [0.2, 0.25) is 0 Å². The van der Waals surface area contributed by atoms with Crippen LogP contribution >= 0.6 is 0 Å². The van der Waals surface area contributed by atoms with Crippen LogP contribution in [0.5, 0.6) is 0 Å². The molecule has 0 unspecified atom stereocenters. The molecule has 8 heteroatoms. The average Bonchev–Trinajstić information content (AvgIpc) is 3.37. The highest BCUT2D eigenvalue weighted by molar-refractivity contribution is 5.97. The van der Waals surface area contributed by atoms with Crippen molar-refractivity contribution in [2.24, 2.45) is 0 Å². The van der Waals surface area contributed by atoms with Gasteiger partial charge in [0, 0.05) is 36.8 Å². The molecular weight excluding hydrogens is 358 g/mol. The van der Waals surface area contributed by atoms with E-state index >= 15 is 0 Å². The first kappa shape index (κ1) is 18.2. The lowest BCUT2D eigenvalue weighted by atomic mass is 10.0. The monoisotopic (exact) mass is 381 g/mol. The van der Waals surface area contributed by atoms with Crippen LogP contribution in [0.25, 0.3) is 11.0 Å². The van der Waals surface area contributed by atoms with Gasteiger partial charge in [-0.1, -0.05) is 0 Å². The molecule has 3 aromatic rings. The lowest BCUT2D eigenvalue weighted by Crippen LogP contribution is -2.46. The van der Waals surface area contributed by atoms with Gasteiger partial charge >= 0.3 is 0 Å². The fourth-order valence-corrected chi connectivity index (χ4v) is 3.51. The molecule has 0 atom stereocenters. The predicted molar refractivity (Wildman–Crippen MR) is 103 cm³/mol. The first-order valence-corrected chi connectivity index (χ1v) is 9.48. The molecule has 0 aromatic carbocycles. The van der Waals surface area contributed by atoms with Crippen LogP contribution < -0.4 is 5.32 Å². The third-order valence-electron chi connectivity index (χ3n) is 5.07. The van der Waals surface area contributed by atoms with Crippen molar-refractivity contribution in [3.05, 3.63) is 48.2 Å². The Labute approximate surface area is 162 Å². The van der Waals surface area contributed by atoms with E-state index in [0.717, 1.165) is 23.9 Å². The topological polar surface area (TPSA) is 93.3 Å². The third kappa shape index (κ3) is 3.49. The van der Waals surface area contributed by atoms with Crippen LogP contribution in [0.3, 0.4) is 0 Å². The van der Waals surface area contributed by atoms with Crippen molar-refractivity contribution in [1.29, 1.82) is 0 Å². The highest BCUT2D eigenvalue weighted by Gasteiger charge is 2.25. The van der Waals surface area contributed by atoms with E-state index in [1.807, 2.05) is 24.6 Å². The molecule has 28 heavy (non-hydrogen) atoms. The molecule has 0 aliphatic carbocycles. The van der Waals surface area contributed by atoms with Gasteiger partial charge in [-0.15, -0.1) is 0 Å². The Balaban J connectivity index is 1.37. The van der Waals surface area contributed by atoms with Crippen LogP contribution in [-0.4, -0.2) is 50.6 Å². The molecule has 1 fully saturated rings. The fraction of sp³-hybridized carbons (Fsp3) is 0.400. The van der Waals surface area contributed by atoms with Crippen molar-refractivity contribution in [3.63, 3.8) is 0 Å². The maximum atomic E-state index is 12.6. The number of likely N-dealkylation sites (tertiary alicyclic amines) is 1. The zero-order chi connectivity index (χ0) is 19.7. The summed E-state index contributed by atoms with van der Waals surface area (Å²) >= 11 is 0. The Kier molecular flexibility index (Phi) is 4.85. The molecule has 2 amide bonds. The standard InChI is InChI=1S/C20H23N5O3/c1-13(2)25-18-15(11-22-25)9-16(10-21-18)19(26)23-17-3-6-24(7-4-17)20(27)14-5-8-28-12-14/h5,8-13,17H,3-4,6-7H2,1-2H3,(H,23,26). The van der Waals surface area contributed by atoms with E-state index in [9.17, 15) is 9.59 Å². The van der Waals surface area contributed by atoms with Crippen molar-refractivity contribution < 1.29 is 14.0 Å². The molecule has 1 aliphatic rings. The quantitative estimate of drug-likeness (QED) is 0.750. The van der Waals surface area contributed by atoms with Gasteiger partial charge in [-0.3, -0.25) is 9.59 Å². The van der Waals surface area contributed by atoms with Crippen LogP contribution in [0.2, 0.25) is 0 Å². The molecule has 1 saturated heterocycles. The number of rotatable bonds is 4. The zero-order valence-corrected chi connectivity index (χ0v) is 16.0. The van der Waals surface area contributed by atoms with Crippen molar-refractivity contribution >= 4 is 22.8 Å². The number of nitrogens with one attached hydrogen (secondary N) is 1. The molecule has 0 spiro atoms. The predicted octanol–water partition coefficient (Wildman–Crippen LogP) is 2.64. The molecule has 146 valence electrons. The Morgan fingerprint density at radius 1 is 1.21 bits per heavy atom. The van der Waals surface area contributed by atoms with Gasteiger partial charge < -0.3 is 14.6 Å². The summed E-state index contributed by atoms with van der Waals surface area (Å²) in [5.41, 5.74) is 1.86. The van der Waals surface area contributed by atoms with E-state index in [4.69, 9.17) is 4.42 Å². The molecule has 0 radical (unpaired) electrons. The number of pyridine rings is 1. The molecular formula is C20H23N5O3. The summed E-state index contributed by atoms with van der Waals surface area (Å²) in [6.45, 7) is 5.29. The number of carbonyl (C=O) groups excluding carboxylic acids is 2. The van der Waals surface area contributed by atoms with Crippen LogP contribution in [0.1, 0.15) is 53.4 Å². The second-order valence-electron chi connectivity index (χ2n) is 7.37. The molecule has 1 aliphatic heterocycles. The lowest BCUT2D eigenvalue weighted by Gasteiger charge is -2.32. The van der Waals surface area contributed by atoms with E-state index in [0.29, 0.717) is 24.2 Å². The third-order valence-corrected chi connectivity index (χ3v) is 5.07. The Morgan fingerprint density at radius 3 is 2.68 bits per heavy atom. The average molecular weight is 381 g/mol. The van der Waals surface area contributed by atoms with Crippen molar-refractivity contribution in [3.8, 4) is 0 Å². The highest BCUT2D eigenvalue weighted by atomic mass is 16.3. The minimum atomic E-state index is -0.147. The van der Waals surface area contributed by atoms with E-state index < -0.39 is 0 Å². The maximum Gasteiger partial charge on any atom is 0.257 e. The van der Waals surface area contributed by atoms with Gasteiger partial charge in [-0.2, -0.15) is 5.10 Å². The first-order valence-electron chi connectivity index (χ1n) is 9.48. The molecule has 0 saturated carbocycles. The summed E-state index contributed by atoms with van der Waals surface area (Å²) in [5.74, 6) is -0.179.